The van der Waals surface area contributed by atoms with Crippen molar-refractivity contribution < 1.29 is 22.7 Å². The van der Waals surface area contributed by atoms with Gasteiger partial charge in [0, 0.05) is 44.4 Å². The van der Waals surface area contributed by atoms with Gasteiger partial charge in [-0.05, 0) is 19.1 Å². The molecule has 1 atom stereocenters. The molecule has 1 fully saturated rings. The van der Waals surface area contributed by atoms with E-state index in [4.69, 9.17) is 10.5 Å². The molecule has 0 unspecified atom stereocenters. The lowest BCUT2D eigenvalue weighted by Crippen LogP contribution is -2.43. The molecule has 1 aliphatic heterocycles. The molecular weight excluding hydrogens is 505 g/mol. The number of carbonyl (C=O) groups is 1. The van der Waals surface area contributed by atoms with E-state index in [2.05, 4.69) is 20.2 Å². The third kappa shape index (κ3) is 5.31. The number of primary amides is 1. The molecular formula is C25H25F3N6O2S. The Hall–Kier alpha value is -3.48. The van der Waals surface area contributed by atoms with Crippen molar-refractivity contribution in [3.05, 3.63) is 70.6 Å². The Morgan fingerprint density at radius 3 is 2.70 bits per heavy atom. The van der Waals surface area contributed by atoms with Crippen LogP contribution in [-0.2, 0) is 12.7 Å². The van der Waals surface area contributed by atoms with Gasteiger partial charge in [-0.15, -0.1) is 11.3 Å². The number of amides is 1. The number of carbonyl (C=O) groups excluding carboxylic acids is 1. The van der Waals surface area contributed by atoms with Crippen LogP contribution in [0.3, 0.4) is 0 Å². The van der Waals surface area contributed by atoms with Gasteiger partial charge in [0.2, 0.25) is 0 Å². The van der Waals surface area contributed by atoms with Crippen molar-refractivity contribution in [3.8, 4) is 10.8 Å². The molecule has 3 N–H and O–H groups in total. The van der Waals surface area contributed by atoms with Gasteiger partial charge in [0.05, 0.1) is 23.0 Å². The molecule has 4 aromatic rings. The number of nitrogens with two attached hydrogens (primary N) is 1. The first-order chi connectivity index (χ1) is 17.7. The van der Waals surface area contributed by atoms with Crippen molar-refractivity contribution in [2.75, 3.05) is 26.2 Å². The minimum Gasteiger partial charge on any atom is -0.484 e. The third-order valence-electron chi connectivity index (χ3n) is 6.24. The second-order valence-electron chi connectivity index (χ2n) is 8.79. The number of hydrogen-bond acceptors (Lipinski definition) is 7. The van der Waals surface area contributed by atoms with Crippen molar-refractivity contribution in [3.63, 3.8) is 0 Å². The zero-order valence-electron chi connectivity index (χ0n) is 20.0. The molecule has 1 saturated heterocycles. The van der Waals surface area contributed by atoms with Crippen LogP contribution in [0.1, 0.15) is 39.5 Å². The standard InChI is InChI=1S/C25H25F3N6O2S/c1-15(17-4-2-3-5-18(17)25(26,27)28)36-21-11-22(37-23(21)24(29)35)34-14-32-19-12-31-16(10-20(19)34)13-33-8-6-30-7-9-33/h2-5,10-12,14-15,30H,6-9,13H2,1H3,(H2,29,35)/t15-/m1/s1. The molecule has 4 heterocycles. The average molecular weight is 531 g/mol. The van der Waals surface area contributed by atoms with Gasteiger partial charge in [0.15, 0.2) is 0 Å². The first-order valence-corrected chi connectivity index (χ1v) is 12.5. The van der Waals surface area contributed by atoms with Gasteiger partial charge in [-0.3, -0.25) is 19.2 Å². The number of rotatable bonds is 7. The summed E-state index contributed by atoms with van der Waals surface area (Å²) in [4.78, 5) is 23.6. The van der Waals surface area contributed by atoms with E-state index in [9.17, 15) is 18.0 Å². The summed E-state index contributed by atoms with van der Waals surface area (Å²) in [5.74, 6) is -0.609. The molecule has 1 amide bonds. The zero-order valence-corrected chi connectivity index (χ0v) is 20.8. The molecule has 0 spiro atoms. The predicted octanol–water partition coefficient (Wildman–Crippen LogP) is 4.14. The Kier molecular flexibility index (Phi) is 6.88. The second-order valence-corrected chi connectivity index (χ2v) is 9.82. The molecule has 1 aliphatic rings. The summed E-state index contributed by atoms with van der Waals surface area (Å²) in [6.07, 6.45) is -2.19. The summed E-state index contributed by atoms with van der Waals surface area (Å²) in [5, 5.41) is 3.93. The third-order valence-corrected chi connectivity index (χ3v) is 7.37. The van der Waals surface area contributed by atoms with Crippen LogP contribution in [0.2, 0.25) is 0 Å². The van der Waals surface area contributed by atoms with Gasteiger partial charge >= 0.3 is 6.18 Å². The summed E-state index contributed by atoms with van der Waals surface area (Å²) in [6, 6.07) is 8.77. The van der Waals surface area contributed by atoms with Crippen molar-refractivity contribution in [2.45, 2.75) is 25.7 Å². The van der Waals surface area contributed by atoms with Crippen molar-refractivity contribution >= 4 is 28.3 Å². The highest BCUT2D eigenvalue weighted by molar-refractivity contribution is 7.16. The first kappa shape index (κ1) is 25.2. The minimum absolute atomic E-state index is 0.0325. The molecule has 3 aromatic heterocycles. The van der Waals surface area contributed by atoms with Crippen LogP contribution >= 0.6 is 11.3 Å². The first-order valence-electron chi connectivity index (χ1n) is 11.7. The van der Waals surface area contributed by atoms with Crippen LogP contribution in [0.4, 0.5) is 13.2 Å². The van der Waals surface area contributed by atoms with Gasteiger partial charge in [-0.2, -0.15) is 13.2 Å². The lowest BCUT2D eigenvalue weighted by Gasteiger charge is -2.26. The molecule has 12 heteroatoms. The van der Waals surface area contributed by atoms with Crippen LogP contribution in [0.15, 0.2) is 48.9 Å². The number of halogens is 3. The Morgan fingerprint density at radius 1 is 1.22 bits per heavy atom. The van der Waals surface area contributed by atoms with E-state index in [-0.39, 0.29) is 16.2 Å². The highest BCUT2D eigenvalue weighted by Gasteiger charge is 2.35. The molecule has 0 saturated carbocycles. The number of hydrogen-bond donors (Lipinski definition) is 2. The van der Waals surface area contributed by atoms with E-state index in [1.54, 1.807) is 23.2 Å². The molecule has 0 bridgehead atoms. The summed E-state index contributed by atoms with van der Waals surface area (Å²) >= 11 is 1.09. The van der Waals surface area contributed by atoms with Gasteiger partial charge < -0.3 is 15.8 Å². The molecule has 0 radical (unpaired) electrons. The van der Waals surface area contributed by atoms with Gasteiger partial charge in [-0.1, -0.05) is 18.2 Å². The smallest absolute Gasteiger partial charge is 0.416 e. The SMILES string of the molecule is C[C@@H](Oc1cc(-n2cnc3cnc(CN4CCNCC4)cc32)sc1C(N)=O)c1ccccc1C(F)(F)F. The number of piperazine rings is 1. The van der Waals surface area contributed by atoms with Crippen LogP contribution in [0.25, 0.3) is 16.0 Å². The molecule has 5 rings (SSSR count). The summed E-state index contributed by atoms with van der Waals surface area (Å²) in [7, 11) is 0. The summed E-state index contributed by atoms with van der Waals surface area (Å²) in [5.41, 5.74) is 7.13. The number of pyridine rings is 1. The van der Waals surface area contributed by atoms with Gasteiger partial charge in [-0.25, -0.2) is 4.98 Å². The number of ether oxygens (including phenoxy) is 1. The number of alkyl halides is 3. The minimum atomic E-state index is -4.54. The van der Waals surface area contributed by atoms with Crippen LogP contribution in [0, 0.1) is 0 Å². The average Bonchev–Trinajstić information content (AvgIpc) is 3.48. The van der Waals surface area contributed by atoms with Gasteiger partial charge in [0.1, 0.15) is 33.6 Å². The van der Waals surface area contributed by atoms with Crippen molar-refractivity contribution in [1.82, 2.24) is 24.8 Å². The van der Waals surface area contributed by atoms with Crippen molar-refractivity contribution in [1.29, 1.82) is 0 Å². The number of nitrogens with zero attached hydrogens (tertiary/aromatic N) is 4. The summed E-state index contributed by atoms with van der Waals surface area (Å²) in [6.45, 7) is 5.93. The number of benzene rings is 1. The molecule has 0 aliphatic carbocycles. The Labute approximate surface area is 214 Å². The highest BCUT2D eigenvalue weighted by atomic mass is 32.1. The second kappa shape index (κ2) is 10.1. The normalized spacial score (nSPS) is 15.7. The van der Waals surface area contributed by atoms with E-state index in [1.807, 2.05) is 6.07 Å². The Balaban J connectivity index is 1.46. The Morgan fingerprint density at radius 2 is 1.97 bits per heavy atom. The monoisotopic (exact) mass is 530 g/mol. The number of imidazole rings is 1. The molecule has 37 heavy (non-hydrogen) atoms. The maximum Gasteiger partial charge on any atom is 0.416 e. The number of aromatic nitrogens is 3. The maximum atomic E-state index is 13.5. The van der Waals surface area contributed by atoms with E-state index < -0.39 is 23.8 Å². The number of thiophene rings is 1. The lowest BCUT2D eigenvalue weighted by molar-refractivity contribution is -0.138. The Bertz CT molecular complexity index is 1430. The van der Waals surface area contributed by atoms with Crippen molar-refractivity contribution in [2.24, 2.45) is 5.73 Å². The number of nitrogens with one attached hydrogen (secondary N) is 1. The zero-order chi connectivity index (χ0) is 26.2. The van der Waals surface area contributed by atoms with Crippen LogP contribution < -0.4 is 15.8 Å². The van der Waals surface area contributed by atoms with E-state index in [0.717, 1.165) is 54.8 Å². The van der Waals surface area contributed by atoms with Crippen LogP contribution in [0.5, 0.6) is 5.75 Å². The fraction of sp³-hybridized carbons (Fsp3) is 0.320. The van der Waals surface area contributed by atoms with Gasteiger partial charge in [0.25, 0.3) is 5.91 Å². The van der Waals surface area contributed by atoms with Crippen LogP contribution in [-0.4, -0.2) is 51.5 Å². The fourth-order valence-corrected chi connectivity index (χ4v) is 5.34. The van der Waals surface area contributed by atoms with E-state index in [0.29, 0.717) is 17.1 Å². The maximum absolute atomic E-state index is 13.5. The molecule has 1 aromatic carbocycles. The fourth-order valence-electron chi connectivity index (χ4n) is 4.42. The predicted molar refractivity (Wildman–Crippen MR) is 134 cm³/mol. The topological polar surface area (TPSA) is 98.3 Å². The van der Waals surface area contributed by atoms with E-state index in [1.165, 1.54) is 25.1 Å². The molecule has 194 valence electrons. The van der Waals surface area contributed by atoms with E-state index >= 15 is 0 Å². The summed E-state index contributed by atoms with van der Waals surface area (Å²) < 4.78 is 48.3. The quantitative estimate of drug-likeness (QED) is 0.373. The number of fused-ring (bicyclic) bond motifs is 1. The highest BCUT2D eigenvalue weighted by Crippen LogP contribution is 2.39. The largest absolute Gasteiger partial charge is 0.484 e. The molecule has 8 nitrogen and oxygen atoms in total. The lowest BCUT2D eigenvalue weighted by atomic mass is 10.0.